The normalized spacial score (nSPS) is 14.8. The highest BCUT2D eigenvalue weighted by Crippen LogP contribution is 2.40. The van der Waals surface area contributed by atoms with Crippen molar-refractivity contribution in [1.82, 2.24) is 10.2 Å². The topological polar surface area (TPSA) is 73.2 Å². The Morgan fingerprint density at radius 2 is 1.94 bits per heavy atom. The lowest BCUT2D eigenvalue weighted by atomic mass is 9.98. The Hall–Kier alpha value is -3.29. The first kappa shape index (κ1) is 24.8. The van der Waals surface area contributed by atoms with Gasteiger partial charge in [0.15, 0.2) is 0 Å². The molecule has 1 aromatic heterocycles. The number of hydrogen-bond acceptors (Lipinski definition) is 6. The summed E-state index contributed by atoms with van der Waals surface area (Å²) in [6.07, 6.45) is 4.29. The molecule has 4 rings (SSSR count). The monoisotopic (exact) mass is 478 g/mol. The number of morpholine rings is 1. The van der Waals surface area contributed by atoms with Crippen LogP contribution in [0.3, 0.4) is 0 Å². The maximum Gasteiger partial charge on any atom is 0.244 e. The lowest BCUT2D eigenvalue weighted by Gasteiger charge is -2.26. The van der Waals surface area contributed by atoms with E-state index in [2.05, 4.69) is 10.2 Å². The standard InChI is InChI=1S/C28H34N2O5/c1-4-34-26-18-27-23(24(19-35-27)21-8-5-6-9-25(21)32-3)17-22(26)20(2)16-28(31)29-10-7-11-30-12-14-33-15-13-30/h5-6,8-9,16-19H,4,7,10-15H2,1-3H3,(H,29,31)/b20-16+. The Labute approximate surface area is 206 Å². The molecule has 1 aliphatic rings. The van der Waals surface area contributed by atoms with Crippen LogP contribution in [0.1, 0.15) is 25.8 Å². The Morgan fingerprint density at radius 3 is 2.71 bits per heavy atom. The lowest BCUT2D eigenvalue weighted by molar-refractivity contribution is -0.116. The van der Waals surface area contributed by atoms with Crippen LogP contribution in [0.2, 0.25) is 0 Å². The minimum absolute atomic E-state index is 0.107. The molecule has 0 unspecified atom stereocenters. The van der Waals surface area contributed by atoms with Gasteiger partial charge >= 0.3 is 0 Å². The van der Waals surface area contributed by atoms with Crippen molar-refractivity contribution in [2.24, 2.45) is 0 Å². The number of hydrogen-bond donors (Lipinski definition) is 1. The van der Waals surface area contributed by atoms with Crippen LogP contribution in [0.25, 0.3) is 27.7 Å². The second-order valence-corrected chi connectivity index (χ2v) is 8.55. The highest BCUT2D eigenvalue weighted by Gasteiger charge is 2.17. The Balaban J connectivity index is 1.53. The molecule has 3 aromatic rings. The van der Waals surface area contributed by atoms with Gasteiger partial charge in [-0.2, -0.15) is 0 Å². The summed E-state index contributed by atoms with van der Waals surface area (Å²) in [7, 11) is 1.66. The maximum absolute atomic E-state index is 12.6. The maximum atomic E-state index is 12.6. The first-order valence-corrected chi connectivity index (χ1v) is 12.2. The molecule has 0 radical (unpaired) electrons. The van der Waals surface area contributed by atoms with Crippen LogP contribution in [0, 0.1) is 0 Å². The summed E-state index contributed by atoms with van der Waals surface area (Å²) in [5.41, 5.74) is 4.29. The van der Waals surface area contributed by atoms with E-state index in [1.807, 2.05) is 50.2 Å². The van der Waals surface area contributed by atoms with Gasteiger partial charge in [-0.1, -0.05) is 18.2 Å². The highest BCUT2D eigenvalue weighted by atomic mass is 16.5. The molecule has 1 amide bonds. The van der Waals surface area contributed by atoms with Crippen LogP contribution in [0.15, 0.2) is 53.2 Å². The number of rotatable bonds is 10. The molecule has 7 nitrogen and oxygen atoms in total. The van der Waals surface area contributed by atoms with Gasteiger partial charge in [0.2, 0.25) is 5.91 Å². The van der Waals surface area contributed by atoms with Gasteiger partial charge in [0.05, 0.1) is 33.2 Å². The molecule has 0 spiro atoms. The van der Waals surface area contributed by atoms with Gasteiger partial charge in [-0.3, -0.25) is 9.69 Å². The van der Waals surface area contributed by atoms with E-state index < -0.39 is 0 Å². The SMILES string of the molecule is CCOc1cc2occ(-c3ccccc3OC)c2cc1/C(C)=C/C(=O)NCCCN1CCOCC1. The first-order valence-electron chi connectivity index (χ1n) is 12.2. The number of furan rings is 1. The van der Waals surface area contributed by atoms with Crippen LogP contribution in [0.4, 0.5) is 0 Å². The number of carbonyl (C=O) groups is 1. The summed E-state index contributed by atoms with van der Waals surface area (Å²) in [5, 5.41) is 3.95. The third kappa shape index (κ3) is 6.05. The van der Waals surface area contributed by atoms with Gasteiger partial charge in [-0.05, 0) is 44.5 Å². The minimum Gasteiger partial charge on any atom is -0.496 e. The third-order valence-electron chi connectivity index (χ3n) is 6.20. The molecular formula is C28H34N2O5. The number of benzene rings is 2. The lowest BCUT2D eigenvalue weighted by Crippen LogP contribution is -2.38. The Kier molecular flexibility index (Phi) is 8.45. The number of amides is 1. The third-order valence-corrected chi connectivity index (χ3v) is 6.20. The fourth-order valence-electron chi connectivity index (χ4n) is 4.38. The summed E-state index contributed by atoms with van der Waals surface area (Å²) < 4.78 is 22.7. The fourth-order valence-corrected chi connectivity index (χ4v) is 4.38. The van der Waals surface area contributed by atoms with E-state index in [0.717, 1.165) is 78.3 Å². The van der Waals surface area contributed by atoms with Crippen LogP contribution in [0.5, 0.6) is 11.5 Å². The van der Waals surface area contributed by atoms with Gasteiger partial charge in [0.25, 0.3) is 0 Å². The summed E-state index contributed by atoms with van der Waals surface area (Å²) in [6, 6.07) is 11.8. The number of allylic oxidation sites excluding steroid dienone is 1. The van der Waals surface area contributed by atoms with Crippen LogP contribution < -0.4 is 14.8 Å². The summed E-state index contributed by atoms with van der Waals surface area (Å²) in [4.78, 5) is 15.0. The summed E-state index contributed by atoms with van der Waals surface area (Å²) >= 11 is 0. The number of para-hydroxylation sites is 1. The first-order chi connectivity index (χ1) is 17.1. The number of nitrogens with one attached hydrogen (secondary N) is 1. The van der Waals surface area contributed by atoms with Crippen molar-refractivity contribution in [3.05, 3.63) is 54.3 Å². The van der Waals surface area contributed by atoms with Gasteiger partial charge in [0, 0.05) is 53.9 Å². The van der Waals surface area contributed by atoms with Gasteiger partial charge < -0.3 is 23.9 Å². The zero-order valence-electron chi connectivity index (χ0n) is 20.8. The van der Waals surface area contributed by atoms with Gasteiger partial charge in [-0.25, -0.2) is 0 Å². The average molecular weight is 479 g/mol. The molecule has 0 saturated carbocycles. The van der Waals surface area contributed by atoms with Gasteiger partial charge in [-0.15, -0.1) is 0 Å². The second-order valence-electron chi connectivity index (χ2n) is 8.55. The van der Waals surface area contributed by atoms with Crippen LogP contribution in [-0.2, 0) is 9.53 Å². The van der Waals surface area contributed by atoms with Crippen molar-refractivity contribution < 1.29 is 23.4 Å². The molecule has 0 aliphatic carbocycles. The van der Waals surface area contributed by atoms with E-state index in [0.29, 0.717) is 18.9 Å². The van der Waals surface area contributed by atoms with Crippen molar-refractivity contribution in [3.63, 3.8) is 0 Å². The fraction of sp³-hybridized carbons (Fsp3) is 0.393. The van der Waals surface area contributed by atoms with E-state index in [4.69, 9.17) is 18.6 Å². The molecule has 1 N–H and O–H groups in total. The molecule has 0 atom stereocenters. The largest absolute Gasteiger partial charge is 0.496 e. The van der Waals surface area contributed by atoms with Crippen molar-refractivity contribution in [2.75, 3.05) is 53.1 Å². The number of fused-ring (bicyclic) bond motifs is 1. The number of nitrogens with zero attached hydrogens (tertiary/aromatic N) is 1. The molecule has 0 bridgehead atoms. The predicted molar refractivity (Wildman–Crippen MR) is 138 cm³/mol. The zero-order valence-corrected chi connectivity index (χ0v) is 20.8. The molecule has 35 heavy (non-hydrogen) atoms. The predicted octanol–water partition coefficient (Wildman–Crippen LogP) is 4.75. The van der Waals surface area contributed by atoms with Gasteiger partial charge in [0.1, 0.15) is 17.1 Å². The van der Waals surface area contributed by atoms with E-state index in [-0.39, 0.29) is 5.91 Å². The summed E-state index contributed by atoms with van der Waals surface area (Å²) in [5.74, 6) is 1.35. The summed E-state index contributed by atoms with van der Waals surface area (Å²) in [6.45, 7) is 9.48. The molecule has 2 aromatic carbocycles. The average Bonchev–Trinajstić information content (AvgIpc) is 3.29. The number of ether oxygens (including phenoxy) is 3. The van der Waals surface area contributed by atoms with E-state index in [1.165, 1.54) is 0 Å². The molecule has 1 saturated heterocycles. The Bertz CT molecular complexity index is 1180. The highest BCUT2D eigenvalue weighted by molar-refractivity contribution is 6.01. The van der Waals surface area contributed by atoms with Crippen molar-refractivity contribution in [1.29, 1.82) is 0 Å². The van der Waals surface area contributed by atoms with Crippen molar-refractivity contribution >= 4 is 22.4 Å². The second kappa shape index (κ2) is 11.9. The van der Waals surface area contributed by atoms with Crippen LogP contribution in [-0.4, -0.2) is 63.9 Å². The quantitative estimate of drug-likeness (QED) is 0.335. The van der Waals surface area contributed by atoms with Crippen molar-refractivity contribution in [3.8, 4) is 22.6 Å². The Morgan fingerprint density at radius 1 is 1.14 bits per heavy atom. The van der Waals surface area contributed by atoms with Crippen LogP contribution >= 0.6 is 0 Å². The van der Waals surface area contributed by atoms with E-state index >= 15 is 0 Å². The number of carbonyl (C=O) groups excluding carboxylic acids is 1. The molecule has 1 aliphatic heterocycles. The molecule has 2 heterocycles. The molecule has 186 valence electrons. The molecular weight excluding hydrogens is 444 g/mol. The number of methoxy groups -OCH3 is 1. The van der Waals surface area contributed by atoms with Crippen molar-refractivity contribution in [2.45, 2.75) is 20.3 Å². The smallest absolute Gasteiger partial charge is 0.244 e. The zero-order chi connectivity index (χ0) is 24.6. The molecule has 1 fully saturated rings. The molecule has 7 heteroatoms. The van der Waals surface area contributed by atoms with E-state index in [1.54, 1.807) is 19.4 Å². The van der Waals surface area contributed by atoms with E-state index in [9.17, 15) is 4.79 Å². The minimum atomic E-state index is -0.107.